The van der Waals surface area contributed by atoms with Crippen LogP contribution in [0.2, 0.25) is 0 Å². The minimum Gasteiger partial charge on any atom is -0.379 e. The van der Waals surface area contributed by atoms with E-state index in [-0.39, 0.29) is 11.9 Å². The summed E-state index contributed by atoms with van der Waals surface area (Å²) in [6.45, 7) is 4.04. The molecule has 1 N–H and O–H groups in total. The van der Waals surface area contributed by atoms with Crippen molar-refractivity contribution in [1.29, 1.82) is 0 Å². The maximum Gasteiger partial charge on any atom is 0.244 e. The minimum absolute atomic E-state index is 0.0631. The fraction of sp³-hybridized carbons (Fsp3) is 0.273. The number of hydrogen-bond acceptors (Lipinski definition) is 5. The standard InChI is InChI=1S/C22H23N3O2S/c26-21(10-11-22-24-18-8-4-5-9-20(18)28-22)23-19(17-6-2-1-3-7-17)16-25-12-14-27-15-13-25/h1-11,19H,12-16H2,(H,23,26)/b11-10+. The van der Waals surface area contributed by atoms with Gasteiger partial charge in [0.25, 0.3) is 0 Å². The second-order valence-electron chi connectivity index (χ2n) is 6.74. The number of nitrogens with one attached hydrogen (secondary N) is 1. The second-order valence-corrected chi connectivity index (χ2v) is 7.80. The highest BCUT2D eigenvalue weighted by Gasteiger charge is 2.19. The molecule has 1 fully saturated rings. The van der Waals surface area contributed by atoms with E-state index in [2.05, 4.69) is 27.3 Å². The van der Waals surface area contributed by atoms with E-state index in [0.29, 0.717) is 0 Å². The summed E-state index contributed by atoms with van der Waals surface area (Å²) >= 11 is 1.58. The van der Waals surface area contributed by atoms with Gasteiger partial charge in [0.15, 0.2) is 0 Å². The quantitative estimate of drug-likeness (QED) is 0.652. The molecule has 5 nitrogen and oxygen atoms in total. The summed E-state index contributed by atoms with van der Waals surface area (Å²) < 4.78 is 6.56. The van der Waals surface area contributed by atoms with Gasteiger partial charge in [-0.15, -0.1) is 11.3 Å². The number of benzene rings is 2. The lowest BCUT2D eigenvalue weighted by Gasteiger charge is -2.30. The van der Waals surface area contributed by atoms with Gasteiger partial charge in [0.1, 0.15) is 5.01 Å². The molecule has 1 amide bonds. The van der Waals surface area contributed by atoms with E-state index in [0.717, 1.165) is 53.6 Å². The fourth-order valence-corrected chi connectivity index (χ4v) is 4.16. The maximum absolute atomic E-state index is 12.6. The highest BCUT2D eigenvalue weighted by molar-refractivity contribution is 7.19. The van der Waals surface area contributed by atoms with Crippen molar-refractivity contribution in [1.82, 2.24) is 15.2 Å². The molecular weight excluding hydrogens is 370 g/mol. The van der Waals surface area contributed by atoms with Gasteiger partial charge in [-0.1, -0.05) is 42.5 Å². The topological polar surface area (TPSA) is 54.5 Å². The summed E-state index contributed by atoms with van der Waals surface area (Å²) in [6.07, 6.45) is 3.36. The van der Waals surface area contributed by atoms with Crippen molar-refractivity contribution in [3.63, 3.8) is 0 Å². The Morgan fingerprint density at radius 1 is 1.14 bits per heavy atom. The molecule has 144 valence electrons. The molecule has 1 aromatic heterocycles. The molecule has 4 rings (SSSR count). The van der Waals surface area contributed by atoms with Crippen molar-refractivity contribution >= 4 is 33.5 Å². The van der Waals surface area contributed by atoms with Crippen LogP contribution in [0.25, 0.3) is 16.3 Å². The normalized spacial score (nSPS) is 16.4. The lowest BCUT2D eigenvalue weighted by atomic mass is 10.1. The molecule has 0 bridgehead atoms. The van der Waals surface area contributed by atoms with Gasteiger partial charge in [0.2, 0.25) is 5.91 Å². The molecule has 28 heavy (non-hydrogen) atoms. The van der Waals surface area contributed by atoms with Crippen molar-refractivity contribution in [2.75, 3.05) is 32.8 Å². The van der Waals surface area contributed by atoms with Crippen molar-refractivity contribution in [2.24, 2.45) is 0 Å². The summed E-state index contributed by atoms with van der Waals surface area (Å²) in [5.41, 5.74) is 2.07. The molecule has 2 heterocycles. The maximum atomic E-state index is 12.6. The largest absolute Gasteiger partial charge is 0.379 e. The van der Waals surface area contributed by atoms with Crippen LogP contribution in [0.5, 0.6) is 0 Å². The smallest absolute Gasteiger partial charge is 0.244 e. The number of thiazole rings is 1. The number of carbonyl (C=O) groups excluding carboxylic acids is 1. The second kappa shape index (κ2) is 9.10. The van der Waals surface area contributed by atoms with Gasteiger partial charge in [-0.2, -0.15) is 0 Å². The number of aromatic nitrogens is 1. The van der Waals surface area contributed by atoms with Crippen molar-refractivity contribution < 1.29 is 9.53 Å². The Labute approximate surface area is 168 Å². The Balaban J connectivity index is 1.44. The highest BCUT2D eigenvalue weighted by atomic mass is 32.1. The zero-order valence-corrected chi connectivity index (χ0v) is 16.4. The molecule has 1 unspecified atom stereocenters. The van der Waals surface area contributed by atoms with Crippen LogP contribution in [0, 0.1) is 0 Å². The van der Waals surface area contributed by atoms with Crippen LogP contribution >= 0.6 is 11.3 Å². The summed E-state index contributed by atoms with van der Waals surface area (Å²) in [5.74, 6) is -0.110. The third-order valence-corrected chi connectivity index (χ3v) is 5.75. The van der Waals surface area contributed by atoms with Crippen LogP contribution in [0.4, 0.5) is 0 Å². The first-order chi connectivity index (χ1) is 13.8. The molecule has 1 aliphatic rings. The number of amides is 1. The van der Waals surface area contributed by atoms with Gasteiger partial charge in [0.05, 0.1) is 29.5 Å². The van der Waals surface area contributed by atoms with E-state index in [1.807, 2.05) is 42.5 Å². The van der Waals surface area contributed by atoms with Gasteiger partial charge in [0, 0.05) is 25.7 Å². The van der Waals surface area contributed by atoms with Crippen molar-refractivity contribution in [2.45, 2.75) is 6.04 Å². The first-order valence-corrected chi connectivity index (χ1v) is 10.3. The van der Waals surface area contributed by atoms with Crippen LogP contribution in [0.3, 0.4) is 0 Å². The van der Waals surface area contributed by atoms with Crippen molar-refractivity contribution in [3.05, 3.63) is 71.2 Å². The fourth-order valence-electron chi connectivity index (χ4n) is 3.29. The van der Waals surface area contributed by atoms with Crippen LogP contribution in [0.15, 0.2) is 60.7 Å². The van der Waals surface area contributed by atoms with E-state index < -0.39 is 0 Å². The Kier molecular flexibility index (Phi) is 6.11. The summed E-state index contributed by atoms with van der Waals surface area (Å²) in [5, 5.41) is 3.99. The molecule has 0 radical (unpaired) electrons. The molecule has 6 heteroatoms. The molecule has 0 aliphatic carbocycles. The van der Waals surface area contributed by atoms with Crippen LogP contribution in [-0.4, -0.2) is 48.6 Å². The number of morpholine rings is 1. The Morgan fingerprint density at radius 3 is 2.68 bits per heavy atom. The van der Waals surface area contributed by atoms with Gasteiger partial charge in [-0.05, 0) is 23.8 Å². The molecular formula is C22H23N3O2S. The Bertz CT molecular complexity index is 916. The predicted octanol–water partition coefficient (Wildman–Crippen LogP) is 3.50. The number of nitrogens with zero attached hydrogens (tertiary/aromatic N) is 2. The molecule has 3 aromatic rings. The van der Waals surface area contributed by atoms with E-state index in [1.165, 1.54) is 0 Å². The molecule has 2 aromatic carbocycles. The molecule has 1 atom stereocenters. The highest BCUT2D eigenvalue weighted by Crippen LogP contribution is 2.22. The zero-order chi connectivity index (χ0) is 19.2. The van der Waals surface area contributed by atoms with Gasteiger partial charge in [-0.25, -0.2) is 4.98 Å². The van der Waals surface area contributed by atoms with Crippen molar-refractivity contribution in [3.8, 4) is 0 Å². The lowest BCUT2D eigenvalue weighted by molar-refractivity contribution is -0.117. The van der Waals surface area contributed by atoms with E-state index >= 15 is 0 Å². The zero-order valence-electron chi connectivity index (χ0n) is 15.6. The summed E-state index contributed by atoms with van der Waals surface area (Å²) in [4.78, 5) is 19.5. The lowest BCUT2D eigenvalue weighted by Crippen LogP contribution is -2.42. The summed E-state index contributed by atoms with van der Waals surface area (Å²) in [6, 6.07) is 18.0. The number of ether oxygens (including phenoxy) is 1. The SMILES string of the molecule is O=C(/C=C/c1nc2ccccc2s1)NC(CN1CCOCC1)c1ccccc1. The number of para-hydroxylation sites is 1. The molecule has 1 saturated heterocycles. The molecule has 1 aliphatic heterocycles. The Morgan fingerprint density at radius 2 is 1.89 bits per heavy atom. The average Bonchev–Trinajstić information content (AvgIpc) is 3.16. The van der Waals surface area contributed by atoms with E-state index in [4.69, 9.17) is 4.74 Å². The predicted molar refractivity (Wildman–Crippen MR) is 113 cm³/mol. The van der Waals surface area contributed by atoms with Crippen LogP contribution < -0.4 is 5.32 Å². The van der Waals surface area contributed by atoms with Crippen LogP contribution in [-0.2, 0) is 9.53 Å². The van der Waals surface area contributed by atoms with Gasteiger partial charge >= 0.3 is 0 Å². The number of fused-ring (bicyclic) bond motifs is 1. The molecule has 0 spiro atoms. The monoisotopic (exact) mass is 393 g/mol. The van der Waals surface area contributed by atoms with E-state index in [9.17, 15) is 4.79 Å². The number of rotatable bonds is 6. The Hall–Kier alpha value is -2.54. The van der Waals surface area contributed by atoms with E-state index in [1.54, 1.807) is 23.5 Å². The molecule has 0 saturated carbocycles. The summed E-state index contributed by atoms with van der Waals surface area (Å²) in [7, 11) is 0. The van der Waals surface area contributed by atoms with Gasteiger partial charge in [-0.3, -0.25) is 9.69 Å². The first kappa shape index (κ1) is 18.8. The minimum atomic E-state index is -0.110. The van der Waals surface area contributed by atoms with Crippen LogP contribution in [0.1, 0.15) is 16.6 Å². The first-order valence-electron chi connectivity index (χ1n) is 9.47. The number of carbonyl (C=O) groups is 1. The number of hydrogen-bond donors (Lipinski definition) is 1. The van der Waals surface area contributed by atoms with Gasteiger partial charge < -0.3 is 10.1 Å². The average molecular weight is 394 g/mol. The third-order valence-electron chi connectivity index (χ3n) is 4.75. The third kappa shape index (κ3) is 4.84.